The summed E-state index contributed by atoms with van der Waals surface area (Å²) in [4.78, 5) is 13.6. The highest BCUT2D eigenvalue weighted by atomic mass is 35.5. The summed E-state index contributed by atoms with van der Waals surface area (Å²) in [5, 5.41) is 12.4. The van der Waals surface area contributed by atoms with E-state index in [-0.39, 0.29) is 11.9 Å². The number of benzene rings is 1. The lowest BCUT2D eigenvalue weighted by atomic mass is 10.2. The van der Waals surface area contributed by atoms with Gasteiger partial charge in [-0.05, 0) is 32.0 Å². The lowest BCUT2D eigenvalue weighted by molar-refractivity contribution is 0.210. The predicted molar refractivity (Wildman–Crippen MR) is 77.5 cm³/mol. The number of carbonyl (C=O) groups excluding carboxylic acids is 1. The number of nitriles is 1. The van der Waals surface area contributed by atoms with E-state index in [1.54, 1.807) is 30.0 Å². The van der Waals surface area contributed by atoms with Crippen LogP contribution in [0.25, 0.3) is 0 Å². The van der Waals surface area contributed by atoms with Crippen molar-refractivity contribution in [1.82, 2.24) is 4.90 Å². The molecular weight excluding hydrogens is 285 g/mol. The number of hydrogen-bond donors (Lipinski definition) is 1. The molecule has 1 unspecified atom stereocenters. The van der Waals surface area contributed by atoms with Crippen molar-refractivity contribution in [3.63, 3.8) is 0 Å². The molecule has 0 heterocycles. The Morgan fingerprint density at radius 1 is 1.53 bits per heavy atom. The third-order valence-corrected chi connectivity index (χ3v) is 3.12. The number of urea groups is 1. The maximum atomic E-state index is 12.1. The van der Waals surface area contributed by atoms with Gasteiger partial charge in [-0.2, -0.15) is 5.26 Å². The lowest BCUT2D eigenvalue weighted by Gasteiger charge is -2.22. The van der Waals surface area contributed by atoms with Crippen LogP contribution in [-0.4, -0.2) is 24.0 Å². The van der Waals surface area contributed by atoms with Crippen LogP contribution >= 0.6 is 23.2 Å². The highest BCUT2D eigenvalue weighted by molar-refractivity contribution is 6.35. The second-order valence-corrected chi connectivity index (χ2v) is 4.97. The summed E-state index contributed by atoms with van der Waals surface area (Å²) < 4.78 is 0. The molecule has 1 N–H and O–H groups in total. The van der Waals surface area contributed by atoms with Crippen molar-refractivity contribution >= 4 is 34.9 Å². The van der Waals surface area contributed by atoms with Gasteiger partial charge in [0.15, 0.2) is 0 Å². The van der Waals surface area contributed by atoms with Crippen LogP contribution in [0.15, 0.2) is 18.2 Å². The molecule has 0 bridgehead atoms. The van der Waals surface area contributed by atoms with E-state index in [4.69, 9.17) is 28.5 Å². The fraction of sp³-hybridized carbons (Fsp3) is 0.385. The molecule has 1 rings (SSSR count). The minimum absolute atomic E-state index is 0.222. The van der Waals surface area contributed by atoms with Gasteiger partial charge < -0.3 is 10.2 Å². The number of hydrogen-bond acceptors (Lipinski definition) is 2. The van der Waals surface area contributed by atoms with Gasteiger partial charge in [0, 0.05) is 18.1 Å². The molecule has 0 saturated heterocycles. The fourth-order valence-electron chi connectivity index (χ4n) is 1.51. The zero-order valence-electron chi connectivity index (χ0n) is 10.8. The molecule has 0 aromatic heterocycles. The van der Waals surface area contributed by atoms with Crippen molar-refractivity contribution in [1.29, 1.82) is 5.26 Å². The third kappa shape index (κ3) is 4.62. The first kappa shape index (κ1) is 15.6. The average molecular weight is 300 g/mol. The van der Waals surface area contributed by atoms with Crippen molar-refractivity contribution in [2.24, 2.45) is 5.92 Å². The molecule has 0 saturated carbocycles. The molecule has 0 aliphatic carbocycles. The van der Waals surface area contributed by atoms with Crippen LogP contribution in [0.3, 0.4) is 0 Å². The number of nitrogens with one attached hydrogen (secondary N) is 1. The van der Waals surface area contributed by atoms with Gasteiger partial charge in [0.1, 0.15) is 0 Å². The topological polar surface area (TPSA) is 56.1 Å². The number of halogens is 2. The first-order chi connectivity index (χ1) is 8.97. The molecule has 1 aromatic carbocycles. The van der Waals surface area contributed by atoms with Crippen molar-refractivity contribution in [3.05, 3.63) is 28.2 Å². The predicted octanol–water partition coefficient (Wildman–Crippen LogP) is 4.01. The van der Waals surface area contributed by atoms with E-state index in [0.717, 1.165) is 0 Å². The van der Waals surface area contributed by atoms with E-state index in [2.05, 4.69) is 11.4 Å². The average Bonchev–Trinajstić information content (AvgIpc) is 2.39. The van der Waals surface area contributed by atoms with Gasteiger partial charge in [-0.25, -0.2) is 4.79 Å². The van der Waals surface area contributed by atoms with Gasteiger partial charge in [-0.1, -0.05) is 23.2 Å². The van der Waals surface area contributed by atoms with Crippen LogP contribution in [0.4, 0.5) is 10.5 Å². The van der Waals surface area contributed by atoms with E-state index < -0.39 is 0 Å². The van der Waals surface area contributed by atoms with Crippen LogP contribution in [0.5, 0.6) is 0 Å². The molecule has 0 aliphatic heterocycles. The van der Waals surface area contributed by atoms with Crippen LogP contribution in [0.2, 0.25) is 10.0 Å². The molecule has 6 heteroatoms. The second-order valence-electron chi connectivity index (χ2n) is 4.12. The molecule has 102 valence electrons. The highest BCUT2D eigenvalue weighted by Gasteiger charge is 2.15. The Balaban J connectivity index is 2.77. The first-order valence-electron chi connectivity index (χ1n) is 5.88. The number of amides is 2. The maximum absolute atomic E-state index is 12.1. The number of anilines is 1. The largest absolute Gasteiger partial charge is 0.324 e. The number of carbonyl (C=O) groups is 1. The lowest BCUT2D eigenvalue weighted by Crippen LogP contribution is -2.37. The normalized spacial score (nSPS) is 11.5. The van der Waals surface area contributed by atoms with Crippen molar-refractivity contribution < 1.29 is 4.79 Å². The summed E-state index contributed by atoms with van der Waals surface area (Å²) >= 11 is 11.8. The highest BCUT2D eigenvalue weighted by Crippen LogP contribution is 2.25. The summed E-state index contributed by atoms with van der Waals surface area (Å²) in [5.74, 6) is -0.222. The Kier molecular flexibility index (Phi) is 5.94. The maximum Gasteiger partial charge on any atom is 0.321 e. The van der Waals surface area contributed by atoms with Crippen LogP contribution in [-0.2, 0) is 0 Å². The number of nitrogens with zero attached hydrogens (tertiary/aromatic N) is 2. The quantitative estimate of drug-likeness (QED) is 0.913. The second kappa shape index (κ2) is 7.22. The zero-order valence-corrected chi connectivity index (χ0v) is 12.3. The Morgan fingerprint density at radius 3 is 2.79 bits per heavy atom. The summed E-state index contributed by atoms with van der Waals surface area (Å²) in [7, 11) is 0. The van der Waals surface area contributed by atoms with Gasteiger partial charge in [0.2, 0.25) is 0 Å². The van der Waals surface area contributed by atoms with E-state index >= 15 is 0 Å². The van der Waals surface area contributed by atoms with E-state index in [1.807, 2.05) is 6.92 Å². The van der Waals surface area contributed by atoms with Crippen LogP contribution in [0, 0.1) is 17.2 Å². The monoisotopic (exact) mass is 299 g/mol. The van der Waals surface area contributed by atoms with Crippen molar-refractivity contribution in [2.75, 3.05) is 18.4 Å². The fourth-order valence-corrected chi connectivity index (χ4v) is 1.85. The molecule has 0 fully saturated rings. The molecule has 0 radical (unpaired) electrons. The standard InChI is InChI=1S/C13H15Cl2N3O/c1-3-18(8-9(2)7-16)13(19)17-12-6-10(14)4-5-11(12)15/h4-6,9H,3,8H2,1-2H3,(H,17,19). The third-order valence-electron chi connectivity index (χ3n) is 2.55. The molecule has 2 amide bonds. The molecular formula is C13H15Cl2N3O. The van der Waals surface area contributed by atoms with Gasteiger partial charge >= 0.3 is 6.03 Å². The van der Waals surface area contributed by atoms with E-state index in [1.165, 1.54) is 0 Å². The van der Waals surface area contributed by atoms with E-state index in [0.29, 0.717) is 28.8 Å². The number of rotatable bonds is 4. The first-order valence-corrected chi connectivity index (χ1v) is 6.64. The van der Waals surface area contributed by atoms with Gasteiger partial charge in [-0.15, -0.1) is 0 Å². The molecule has 19 heavy (non-hydrogen) atoms. The minimum atomic E-state index is -0.297. The van der Waals surface area contributed by atoms with Crippen LogP contribution in [0.1, 0.15) is 13.8 Å². The van der Waals surface area contributed by atoms with Gasteiger partial charge in [0.25, 0.3) is 0 Å². The van der Waals surface area contributed by atoms with Crippen molar-refractivity contribution in [3.8, 4) is 6.07 Å². The molecule has 0 aliphatic rings. The SMILES string of the molecule is CCN(CC(C)C#N)C(=O)Nc1cc(Cl)ccc1Cl. The van der Waals surface area contributed by atoms with E-state index in [9.17, 15) is 4.79 Å². The Bertz CT molecular complexity index is 499. The summed E-state index contributed by atoms with van der Waals surface area (Å²) in [6.45, 7) is 4.50. The molecule has 4 nitrogen and oxygen atoms in total. The zero-order chi connectivity index (χ0) is 14.4. The molecule has 1 atom stereocenters. The minimum Gasteiger partial charge on any atom is -0.324 e. The van der Waals surface area contributed by atoms with Gasteiger partial charge in [-0.3, -0.25) is 0 Å². The Hall–Kier alpha value is -1.44. The smallest absolute Gasteiger partial charge is 0.321 e. The molecule has 1 aromatic rings. The Morgan fingerprint density at radius 2 is 2.21 bits per heavy atom. The summed E-state index contributed by atoms with van der Waals surface area (Å²) in [6, 6.07) is 6.66. The van der Waals surface area contributed by atoms with Crippen molar-refractivity contribution in [2.45, 2.75) is 13.8 Å². The van der Waals surface area contributed by atoms with Gasteiger partial charge in [0.05, 0.1) is 22.7 Å². The van der Waals surface area contributed by atoms with Crippen LogP contribution < -0.4 is 5.32 Å². The summed E-state index contributed by atoms with van der Waals surface area (Å²) in [5.41, 5.74) is 0.460. The molecule has 0 spiro atoms. The summed E-state index contributed by atoms with van der Waals surface area (Å²) in [6.07, 6.45) is 0. The Labute approximate surface area is 122 Å².